The average molecular weight is 230 g/mol. The van der Waals surface area contributed by atoms with Crippen molar-refractivity contribution in [1.29, 1.82) is 0 Å². The summed E-state index contributed by atoms with van der Waals surface area (Å²) in [6, 6.07) is 6.60. The highest BCUT2D eigenvalue weighted by molar-refractivity contribution is 5.54. The summed E-state index contributed by atoms with van der Waals surface area (Å²) in [5.74, 6) is 0. The highest BCUT2D eigenvalue weighted by atomic mass is 19.4. The Labute approximate surface area is 91.6 Å². The van der Waals surface area contributed by atoms with Crippen molar-refractivity contribution in [3.63, 3.8) is 0 Å². The highest BCUT2D eigenvalue weighted by Gasteiger charge is 2.35. The van der Waals surface area contributed by atoms with Crippen LogP contribution in [0.4, 0.5) is 18.9 Å². The van der Waals surface area contributed by atoms with Gasteiger partial charge in [-0.2, -0.15) is 13.2 Å². The number of morpholine rings is 1. The van der Waals surface area contributed by atoms with Crippen LogP contribution >= 0.6 is 0 Å². The molecular weight excluding hydrogens is 219 g/mol. The van der Waals surface area contributed by atoms with Crippen molar-refractivity contribution < 1.29 is 17.9 Å². The maximum atomic E-state index is 12.7. The molecule has 1 radical (unpaired) electrons. The molecular formula is C11H11F3NO. The van der Waals surface area contributed by atoms with Crippen molar-refractivity contribution >= 4 is 5.69 Å². The van der Waals surface area contributed by atoms with Crippen LogP contribution in [-0.2, 0) is 10.9 Å². The minimum Gasteiger partial charge on any atom is -0.378 e. The molecule has 5 heteroatoms. The predicted octanol–water partition coefficient (Wildman–Crippen LogP) is 2.34. The molecule has 0 N–H and O–H groups in total. The Balaban J connectivity index is 2.32. The Bertz CT molecular complexity index is 358. The SMILES string of the molecule is FC(F)(F)c1[c]cccc1N1CCOCC1. The first-order chi connectivity index (χ1) is 7.59. The van der Waals surface area contributed by atoms with Gasteiger partial charge >= 0.3 is 6.18 Å². The van der Waals surface area contributed by atoms with E-state index in [2.05, 4.69) is 6.07 Å². The van der Waals surface area contributed by atoms with Crippen LogP contribution < -0.4 is 4.90 Å². The number of ether oxygens (including phenoxy) is 1. The molecule has 16 heavy (non-hydrogen) atoms. The molecule has 1 fully saturated rings. The van der Waals surface area contributed by atoms with Gasteiger partial charge in [0.1, 0.15) is 0 Å². The molecule has 0 spiro atoms. The third kappa shape index (κ3) is 2.29. The summed E-state index contributed by atoms with van der Waals surface area (Å²) < 4.78 is 43.3. The number of halogens is 3. The van der Waals surface area contributed by atoms with Gasteiger partial charge in [-0.25, -0.2) is 0 Å². The van der Waals surface area contributed by atoms with E-state index in [4.69, 9.17) is 4.74 Å². The van der Waals surface area contributed by atoms with E-state index in [1.807, 2.05) is 0 Å². The Morgan fingerprint density at radius 1 is 1.25 bits per heavy atom. The summed E-state index contributed by atoms with van der Waals surface area (Å²) in [5.41, 5.74) is -0.504. The molecule has 0 atom stereocenters. The van der Waals surface area contributed by atoms with Crippen LogP contribution in [0.1, 0.15) is 5.56 Å². The van der Waals surface area contributed by atoms with E-state index in [1.165, 1.54) is 12.1 Å². The van der Waals surface area contributed by atoms with Crippen molar-refractivity contribution in [2.75, 3.05) is 31.2 Å². The minimum atomic E-state index is -4.35. The van der Waals surface area contributed by atoms with Gasteiger partial charge in [-0.3, -0.25) is 0 Å². The monoisotopic (exact) mass is 230 g/mol. The molecule has 1 aliphatic rings. The van der Waals surface area contributed by atoms with Crippen molar-refractivity contribution in [3.05, 3.63) is 29.8 Å². The zero-order chi connectivity index (χ0) is 11.6. The maximum absolute atomic E-state index is 12.7. The molecule has 0 unspecified atom stereocenters. The largest absolute Gasteiger partial charge is 0.418 e. The van der Waals surface area contributed by atoms with Crippen LogP contribution in [0.15, 0.2) is 18.2 Å². The average Bonchev–Trinajstić information content (AvgIpc) is 2.29. The van der Waals surface area contributed by atoms with Crippen molar-refractivity contribution in [3.8, 4) is 0 Å². The van der Waals surface area contributed by atoms with Gasteiger partial charge in [-0.05, 0) is 12.1 Å². The Hall–Kier alpha value is -1.23. The lowest BCUT2D eigenvalue weighted by Crippen LogP contribution is -2.37. The van der Waals surface area contributed by atoms with E-state index in [1.54, 1.807) is 11.0 Å². The fourth-order valence-corrected chi connectivity index (χ4v) is 1.72. The fourth-order valence-electron chi connectivity index (χ4n) is 1.72. The van der Waals surface area contributed by atoms with Crippen LogP contribution in [0.2, 0.25) is 0 Å². The standard InChI is InChI=1S/C11H11F3NO/c12-11(13,14)9-3-1-2-4-10(9)15-5-7-16-8-6-15/h1-2,4H,5-8H2. The number of nitrogens with zero attached hydrogens (tertiary/aromatic N) is 1. The summed E-state index contributed by atoms with van der Waals surface area (Å²) >= 11 is 0. The number of anilines is 1. The normalized spacial score (nSPS) is 17.6. The molecule has 0 bridgehead atoms. The number of alkyl halides is 3. The second kappa shape index (κ2) is 4.33. The Morgan fingerprint density at radius 2 is 1.94 bits per heavy atom. The quantitative estimate of drug-likeness (QED) is 0.734. The van der Waals surface area contributed by atoms with E-state index in [-0.39, 0.29) is 5.69 Å². The second-order valence-electron chi connectivity index (χ2n) is 3.53. The van der Waals surface area contributed by atoms with Gasteiger partial charge in [0.15, 0.2) is 0 Å². The molecule has 1 aliphatic heterocycles. The lowest BCUT2D eigenvalue weighted by Gasteiger charge is -2.30. The molecule has 2 rings (SSSR count). The summed E-state index contributed by atoms with van der Waals surface area (Å²) in [4.78, 5) is 1.68. The second-order valence-corrected chi connectivity index (χ2v) is 3.53. The number of hydrogen-bond acceptors (Lipinski definition) is 2. The Kier molecular flexibility index (Phi) is 3.05. The molecule has 1 heterocycles. The third-order valence-electron chi connectivity index (χ3n) is 2.47. The molecule has 0 amide bonds. The van der Waals surface area contributed by atoms with Crippen LogP contribution in [0.5, 0.6) is 0 Å². The lowest BCUT2D eigenvalue weighted by atomic mass is 10.1. The number of benzene rings is 1. The molecule has 0 aromatic heterocycles. The van der Waals surface area contributed by atoms with E-state index in [0.29, 0.717) is 26.3 Å². The number of hydrogen-bond donors (Lipinski definition) is 0. The first kappa shape index (κ1) is 11.3. The van der Waals surface area contributed by atoms with Gasteiger partial charge in [0, 0.05) is 18.8 Å². The molecule has 0 aliphatic carbocycles. The zero-order valence-electron chi connectivity index (χ0n) is 8.55. The first-order valence-corrected chi connectivity index (χ1v) is 4.99. The maximum Gasteiger partial charge on any atom is 0.418 e. The topological polar surface area (TPSA) is 12.5 Å². The first-order valence-electron chi connectivity index (χ1n) is 4.99. The van der Waals surface area contributed by atoms with E-state index < -0.39 is 11.7 Å². The smallest absolute Gasteiger partial charge is 0.378 e. The van der Waals surface area contributed by atoms with E-state index in [0.717, 1.165) is 0 Å². The van der Waals surface area contributed by atoms with Crippen LogP contribution in [-0.4, -0.2) is 26.3 Å². The van der Waals surface area contributed by atoms with Gasteiger partial charge in [0.25, 0.3) is 0 Å². The summed E-state index contributed by atoms with van der Waals surface area (Å²) in [6.07, 6.45) is -4.35. The van der Waals surface area contributed by atoms with E-state index >= 15 is 0 Å². The third-order valence-corrected chi connectivity index (χ3v) is 2.47. The molecule has 1 aromatic carbocycles. The van der Waals surface area contributed by atoms with Crippen molar-refractivity contribution in [2.45, 2.75) is 6.18 Å². The van der Waals surface area contributed by atoms with Crippen LogP contribution in [0.3, 0.4) is 0 Å². The van der Waals surface area contributed by atoms with Gasteiger partial charge < -0.3 is 9.64 Å². The lowest BCUT2D eigenvalue weighted by molar-refractivity contribution is -0.137. The molecule has 2 nitrogen and oxygen atoms in total. The molecule has 1 aromatic rings. The molecule has 1 saturated heterocycles. The summed E-state index contributed by atoms with van der Waals surface area (Å²) in [7, 11) is 0. The summed E-state index contributed by atoms with van der Waals surface area (Å²) in [5, 5.41) is 0. The summed E-state index contributed by atoms with van der Waals surface area (Å²) in [6.45, 7) is 1.90. The fraction of sp³-hybridized carbons (Fsp3) is 0.455. The van der Waals surface area contributed by atoms with Gasteiger partial charge in [0.2, 0.25) is 0 Å². The van der Waals surface area contributed by atoms with Gasteiger partial charge in [-0.15, -0.1) is 0 Å². The molecule has 87 valence electrons. The van der Waals surface area contributed by atoms with E-state index in [9.17, 15) is 13.2 Å². The minimum absolute atomic E-state index is 0.193. The van der Waals surface area contributed by atoms with Crippen molar-refractivity contribution in [2.24, 2.45) is 0 Å². The number of rotatable bonds is 1. The highest BCUT2D eigenvalue weighted by Crippen LogP contribution is 2.36. The van der Waals surface area contributed by atoms with Crippen molar-refractivity contribution in [1.82, 2.24) is 0 Å². The zero-order valence-corrected chi connectivity index (χ0v) is 8.55. The Morgan fingerprint density at radius 3 is 2.56 bits per heavy atom. The van der Waals surface area contributed by atoms with Crippen LogP contribution in [0, 0.1) is 6.07 Å². The van der Waals surface area contributed by atoms with Gasteiger partial charge in [0.05, 0.1) is 18.8 Å². The molecule has 0 saturated carbocycles. The predicted molar refractivity (Wildman–Crippen MR) is 53.3 cm³/mol. The van der Waals surface area contributed by atoms with Crippen LogP contribution in [0.25, 0.3) is 0 Å². The van der Waals surface area contributed by atoms with Gasteiger partial charge in [-0.1, -0.05) is 12.1 Å².